The van der Waals surface area contributed by atoms with Gasteiger partial charge in [0.15, 0.2) is 0 Å². The normalized spacial score (nSPS) is 15.7. The number of hydrogen-bond donors (Lipinski definition) is 2. The van der Waals surface area contributed by atoms with Crippen LogP contribution in [0, 0.1) is 0 Å². The summed E-state index contributed by atoms with van der Waals surface area (Å²) in [4.78, 5) is 21.1. The van der Waals surface area contributed by atoms with Crippen molar-refractivity contribution in [3.8, 4) is 0 Å². The van der Waals surface area contributed by atoms with Crippen molar-refractivity contribution in [3.63, 3.8) is 0 Å². The van der Waals surface area contributed by atoms with E-state index in [-0.39, 0.29) is 12.7 Å². The van der Waals surface area contributed by atoms with Crippen LogP contribution in [0.1, 0.15) is 46.3 Å². The second-order valence-electron chi connectivity index (χ2n) is 9.33. The first kappa shape index (κ1) is 18.0. The van der Waals surface area contributed by atoms with Gasteiger partial charge in [0, 0.05) is 36.2 Å². The first-order valence-corrected chi connectivity index (χ1v) is 10.1. The summed E-state index contributed by atoms with van der Waals surface area (Å²) in [5, 5.41) is 4.28. The van der Waals surface area contributed by atoms with E-state index in [0.717, 1.165) is 46.0 Å². The zero-order chi connectivity index (χ0) is 20.4. The monoisotopic (exact) mass is 388 g/mol. The number of carbonyl (C=O) groups excluding carboxylic acids is 1. The summed E-state index contributed by atoms with van der Waals surface area (Å²) in [5.41, 5.74) is 5.82. The lowest BCUT2D eigenvalue weighted by molar-refractivity contribution is -0.118. The highest BCUT2D eigenvalue weighted by Crippen LogP contribution is 2.49. The highest BCUT2D eigenvalue weighted by molar-refractivity contribution is 6.03. The van der Waals surface area contributed by atoms with E-state index in [9.17, 15) is 4.79 Å². The van der Waals surface area contributed by atoms with Gasteiger partial charge in [-0.3, -0.25) is 4.79 Å². The molecule has 2 aromatic heterocycles. The van der Waals surface area contributed by atoms with Crippen LogP contribution < -0.4 is 5.32 Å². The van der Waals surface area contributed by atoms with E-state index in [2.05, 4.69) is 66.4 Å². The molecule has 2 N–H and O–H groups in total. The number of nitrogens with zero attached hydrogens (tertiary/aromatic N) is 2. The van der Waals surface area contributed by atoms with Gasteiger partial charge >= 0.3 is 0 Å². The number of aromatic nitrogens is 3. The average molecular weight is 389 g/mol. The van der Waals surface area contributed by atoms with Crippen LogP contribution in [0.25, 0.3) is 21.9 Å². The first-order valence-electron chi connectivity index (χ1n) is 10.1. The second-order valence-corrected chi connectivity index (χ2v) is 9.33. The molecule has 1 fully saturated rings. The highest BCUT2D eigenvalue weighted by Gasteiger charge is 2.51. The van der Waals surface area contributed by atoms with Gasteiger partial charge in [0.2, 0.25) is 5.91 Å². The average Bonchev–Trinajstić information content (AvgIpc) is 3.25. The van der Waals surface area contributed by atoms with E-state index in [1.165, 1.54) is 5.69 Å². The largest absolute Gasteiger partial charge is 0.358 e. The zero-order valence-electron chi connectivity index (χ0n) is 17.3. The quantitative estimate of drug-likeness (QED) is 0.502. The molecule has 150 valence electrons. The number of H-pyrrole nitrogens is 1. The van der Waals surface area contributed by atoms with E-state index in [1.807, 2.05) is 30.1 Å². The Morgan fingerprint density at radius 3 is 2.69 bits per heavy atom. The molecule has 0 spiro atoms. The molecule has 2 heterocycles. The van der Waals surface area contributed by atoms with Gasteiger partial charge in [0.05, 0.1) is 22.8 Å². The molecule has 1 amide bonds. The van der Waals surface area contributed by atoms with Crippen LogP contribution >= 0.6 is 0 Å². The summed E-state index contributed by atoms with van der Waals surface area (Å²) in [5.74, 6) is 0.0683. The summed E-state index contributed by atoms with van der Waals surface area (Å²) in [6, 6.07) is 14.4. The number of aromatic amines is 1. The Bertz CT molecular complexity index is 1260. The molecule has 0 saturated heterocycles. The Labute approximate surface area is 171 Å². The minimum Gasteiger partial charge on any atom is -0.358 e. The van der Waals surface area contributed by atoms with Crippen molar-refractivity contribution in [2.75, 3.05) is 5.32 Å². The third-order valence-corrected chi connectivity index (χ3v) is 6.15. The fourth-order valence-corrected chi connectivity index (χ4v) is 4.07. The van der Waals surface area contributed by atoms with Crippen molar-refractivity contribution in [2.24, 2.45) is 7.05 Å². The number of amides is 1. The number of anilines is 1. The predicted molar refractivity (Wildman–Crippen MR) is 119 cm³/mol. The lowest BCUT2D eigenvalue weighted by Gasteiger charge is -2.16. The van der Waals surface area contributed by atoms with E-state index in [0.29, 0.717) is 0 Å². The molecule has 5 rings (SSSR count). The van der Waals surface area contributed by atoms with Crippen molar-refractivity contribution in [3.05, 3.63) is 60.0 Å². The van der Waals surface area contributed by atoms with Crippen LogP contribution in [0.3, 0.4) is 0 Å². The number of rotatable bonds is 3. The smallest absolute Gasteiger partial charge is 0.235 e. The molecule has 5 nitrogen and oxygen atoms in total. The predicted octanol–water partition coefficient (Wildman–Crippen LogP) is 5.27. The van der Waals surface area contributed by atoms with Gasteiger partial charge in [0.1, 0.15) is 0 Å². The molecule has 0 atom stereocenters. The van der Waals surface area contributed by atoms with Gasteiger partial charge in [-0.25, -0.2) is 4.98 Å². The fourth-order valence-electron chi connectivity index (χ4n) is 4.07. The first-order chi connectivity index (χ1) is 13.8. The molecule has 29 heavy (non-hydrogen) atoms. The molecule has 5 heteroatoms. The SMILES string of the molecule is Cn1cnc2cc(C3(C(=O)Nc4ccc5[nH]c(C(C)(C)C)cc5c4)CC3)ccc21.[HH]. The zero-order valence-corrected chi connectivity index (χ0v) is 17.3. The summed E-state index contributed by atoms with van der Waals surface area (Å²) < 4.78 is 2.00. The summed E-state index contributed by atoms with van der Waals surface area (Å²) in [6.45, 7) is 6.57. The number of benzene rings is 2. The van der Waals surface area contributed by atoms with Crippen molar-refractivity contribution < 1.29 is 6.22 Å². The van der Waals surface area contributed by atoms with Gasteiger partial charge in [0.25, 0.3) is 0 Å². The maximum Gasteiger partial charge on any atom is 0.235 e. The molecule has 0 radical (unpaired) electrons. The maximum absolute atomic E-state index is 13.2. The minimum absolute atomic E-state index is 0. The lowest BCUT2D eigenvalue weighted by Crippen LogP contribution is -2.27. The Kier molecular flexibility index (Phi) is 3.69. The molecule has 0 aliphatic heterocycles. The Hall–Kier alpha value is -3.08. The number of aryl methyl sites for hydroxylation is 1. The Morgan fingerprint density at radius 2 is 1.97 bits per heavy atom. The topological polar surface area (TPSA) is 62.7 Å². The maximum atomic E-state index is 13.2. The van der Waals surface area contributed by atoms with Gasteiger partial charge in [-0.05, 0) is 54.8 Å². The van der Waals surface area contributed by atoms with E-state index < -0.39 is 5.41 Å². The van der Waals surface area contributed by atoms with Gasteiger partial charge in [-0.15, -0.1) is 0 Å². The second kappa shape index (κ2) is 5.96. The van der Waals surface area contributed by atoms with Gasteiger partial charge < -0.3 is 14.9 Å². The molecule has 4 aromatic rings. The molecule has 0 unspecified atom stereocenters. The van der Waals surface area contributed by atoms with Crippen LogP contribution in [0.4, 0.5) is 5.69 Å². The van der Waals surface area contributed by atoms with Crippen LogP contribution in [0.2, 0.25) is 0 Å². The molecular formula is C24H28N4O. The number of fused-ring (bicyclic) bond motifs is 2. The minimum atomic E-state index is -0.435. The van der Waals surface area contributed by atoms with Crippen LogP contribution in [-0.2, 0) is 22.7 Å². The van der Waals surface area contributed by atoms with E-state index in [4.69, 9.17) is 0 Å². The van der Waals surface area contributed by atoms with Crippen molar-refractivity contribution in [2.45, 2.75) is 44.4 Å². The van der Waals surface area contributed by atoms with Crippen LogP contribution in [0.15, 0.2) is 48.8 Å². The standard InChI is InChI=1S/C24H26N4O.H2/c1-23(2,3)21-12-15-11-17(6-7-18(15)27-21)26-22(29)24(9-10-24)16-5-8-20-19(13-16)25-14-28(20)4;/h5-8,11-14,27H,9-10H2,1-4H3,(H,26,29);1H. The Morgan fingerprint density at radius 1 is 1.17 bits per heavy atom. The van der Waals surface area contributed by atoms with Crippen LogP contribution in [0.5, 0.6) is 0 Å². The molecule has 1 aliphatic carbocycles. The van der Waals surface area contributed by atoms with E-state index >= 15 is 0 Å². The van der Waals surface area contributed by atoms with Crippen molar-refractivity contribution in [1.29, 1.82) is 0 Å². The number of hydrogen-bond acceptors (Lipinski definition) is 2. The van der Waals surface area contributed by atoms with Gasteiger partial charge in [-0.1, -0.05) is 26.8 Å². The fraction of sp³-hybridized carbons (Fsp3) is 0.333. The number of nitrogens with one attached hydrogen (secondary N) is 2. The molecular weight excluding hydrogens is 360 g/mol. The highest BCUT2D eigenvalue weighted by atomic mass is 16.2. The van der Waals surface area contributed by atoms with Crippen LogP contribution in [-0.4, -0.2) is 20.4 Å². The third-order valence-electron chi connectivity index (χ3n) is 6.15. The molecule has 1 saturated carbocycles. The molecule has 0 bridgehead atoms. The Balaban J connectivity index is 0.00000218. The summed E-state index contributed by atoms with van der Waals surface area (Å²) in [6.07, 6.45) is 3.56. The van der Waals surface area contributed by atoms with Crippen molar-refractivity contribution in [1.82, 2.24) is 14.5 Å². The van der Waals surface area contributed by atoms with Gasteiger partial charge in [-0.2, -0.15) is 0 Å². The van der Waals surface area contributed by atoms with Crippen molar-refractivity contribution >= 4 is 33.5 Å². The lowest BCUT2D eigenvalue weighted by atomic mass is 9.92. The third kappa shape index (κ3) is 2.92. The number of carbonyl (C=O) groups is 1. The number of imidazole rings is 1. The summed E-state index contributed by atoms with van der Waals surface area (Å²) in [7, 11) is 1.98. The van der Waals surface area contributed by atoms with E-state index in [1.54, 1.807) is 0 Å². The molecule has 1 aliphatic rings. The summed E-state index contributed by atoms with van der Waals surface area (Å²) >= 11 is 0. The molecule has 2 aromatic carbocycles.